The van der Waals surface area contributed by atoms with Crippen LogP contribution >= 0.6 is 0 Å². The molecule has 0 bridgehead atoms. The minimum absolute atomic E-state index is 0.0511. The monoisotopic (exact) mass is 428 g/mol. The van der Waals surface area contributed by atoms with Gasteiger partial charge >= 0.3 is 0 Å². The molecule has 2 aromatic rings. The Hall–Kier alpha value is -2.51. The summed E-state index contributed by atoms with van der Waals surface area (Å²) in [6.07, 6.45) is 6.15. The summed E-state index contributed by atoms with van der Waals surface area (Å²) in [7, 11) is 3.28. The van der Waals surface area contributed by atoms with Gasteiger partial charge in [0.1, 0.15) is 17.3 Å². The maximum atomic E-state index is 12.8. The second kappa shape index (κ2) is 9.32. The Bertz CT molecular complexity index is 884. The molecule has 1 aliphatic heterocycles. The summed E-state index contributed by atoms with van der Waals surface area (Å²) in [5.74, 6) is 2.16. The van der Waals surface area contributed by atoms with Gasteiger partial charge in [-0.25, -0.2) is 0 Å². The molecule has 1 amide bonds. The fourth-order valence-corrected chi connectivity index (χ4v) is 5.24. The van der Waals surface area contributed by atoms with Crippen molar-refractivity contribution in [2.45, 2.75) is 50.3 Å². The van der Waals surface area contributed by atoms with Crippen LogP contribution in [-0.2, 0) is 11.3 Å². The smallest absolute Gasteiger partial charge is 0.234 e. The van der Waals surface area contributed by atoms with Crippen molar-refractivity contribution < 1.29 is 23.8 Å². The summed E-state index contributed by atoms with van der Waals surface area (Å²) >= 11 is 0. The van der Waals surface area contributed by atoms with Gasteiger partial charge in [-0.1, -0.05) is 18.9 Å². The van der Waals surface area contributed by atoms with E-state index in [9.17, 15) is 9.90 Å². The highest BCUT2D eigenvalue weighted by Gasteiger charge is 2.49. The second-order valence-corrected chi connectivity index (χ2v) is 8.59. The number of benzene rings is 1. The van der Waals surface area contributed by atoms with Crippen LogP contribution in [0.25, 0.3) is 0 Å². The number of piperidine rings is 1. The van der Waals surface area contributed by atoms with E-state index in [-0.39, 0.29) is 24.4 Å². The molecule has 2 heterocycles. The standard InChI is InChI=1S/C24H32N2O5/c1-29-17-8-9-19(21(14-17)30-2)23-20-7-3-4-10-24(20,28)11-12-26(23)16-22(27)25-15-18-6-5-13-31-18/h5-6,8-9,13-14,20,23,28H,3-4,7,10-12,15-16H2,1-2H3,(H,25,27)/t20-,23-,24+/m1/s1. The normalized spacial score (nSPS) is 26.2. The third kappa shape index (κ3) is 4.57. The molecule has 0 unspecified atom stereocenters. The second-order valence-electron chi connectivity index (χ2n) is 8.59. The molecule has 0 spiro atoms. The number of ether oxygens (including phenoxy) is 2. The number of carbonyl (C=O) groups excluding carboxylic acids is 1. The van der Waals surface area contributed by atoms with E-state index in [1.54, 1.807) is 20.5 Å². The van der Waals surface area contributed by atoms with Gasteiger partial charge in [0.25, 0.3) is 0 Å². The molecular formula is C24H32N2O5. The molecule has 1 saturated heterocycles. The number of likely N-dealkylation sites (tertiary alicyclic amines) is 1. The molecule has 3 atom stereocenters. The predicted molar refractivity (Wildman–Crippen MR) is 116 cm³/mol. The van der Waals surface area contributed by atoms with Crippen LogP contribution in [0.15, 0.2) is 41.0 Å². The largest absolute Gasteiger partial charge is 0.497 e. The first-order valence-electron chi connectivity index (χ1n) is 11.0. The van der Waals surface area contributed by atoms with E-state index in [2.05, 4.69) is 10.2 Å². The SMILES string of the molecule is COc1ccc([C@@H]2[C@H]3CCCC[C@]3(O)CCN2CC(=O)NCc2ccco2)c(OC)c1. The molecule has 1 aliphatic carbocycles. The Morgan fingerprint density at radius 1 is 1.26 bits per heavy atom. The van der Waals surface area contributed by atoms with Crippen LogP contribution in [0.1, 0.15) is 49.5 Å². The molecule has 4 rings (SSSR count). The Kier molecular flexibility index (Phi) is 6.53. The predicted octanol–water partition coefficient (Wildman–Crippen LogP) is 3.28. The number of furan rings is 1. The molecule has 168 valence electrons. The zero-order valence-electron chi connectivity index (χ0n) is 18.3. The van der Waals surface area contributed by atoms with E-state index in [0.717, 1.165) is 48.5 Å². The minimum Gasteiger partial charge on any atom is -0.497 e. The van der Waals surface area contributed by atoms with Crippen LogP contribution in [0.3, 0.4) is 0 Å². The number of hydrogen-bond donors (Lipinski definition) is 2. The lowest BCUT2D eigenvalue weighted by atomic mass is 9.66. The number of fused-ring (bicyclic) bond motifs is 1. The van der Waals surface area contributed by atoms with Crippen molar-refractivity contribution in [2.24, 2.45) is 5.92 Å². The fraction of sp³-hybridized carbons (Fsp3) is 0.542. The lowest BCUT2D eigenvalue weighted by Crippen LogP contribution is -2.56. The van der Waals surface area contributed by atoms with E-state index in [4.69, 9.17) is 13.9 Å². The van der Waals surface area contributed by atoms with Crippen molar-refractivity contribution in [2.75, 3.05) is 27.3 Å². The first kappa shape index (κ1) is 21.7. The van der Waals surface area contributed by atoms with E-state index in [1.807, 2.05) is 30.3 Å². The summed E-state index contributed by atoms with van der Waals surface area (Å²) in [5.41, 5.74) is 0.293. The number of carbonyl (C=O) groups is 1. The van der Waals surface area contributed by atoms with E-state index in [1.165, 1.54) is 0 Å². The van der Waals surface area contributed by atoms with Crippen molar-refractivity contribution in [1.29, 1.82) is 0 Å². The van der Waals surface area contributed by atoms with Gasteiger partial charge in [-0.3, -0.25) is 9.69 Å². The van der Waals surface area contributed by atoms with Crippen LogP contribution < -0.4 is 14.8 Å². The van der Waals surface area contributed by atoms with Gasteiger partial charge in [0.05, 0.1) is 39.2 Å². The van der Waals surface area contributed by atoms with Gasteiger partial charge in [-0.05, 0) is 37.5 Å². The summed E-state index contributed by atoms with van der Waals surface area (Å²) in [6, 6.07) is 9.35. The highest BCUT2D eigenvalue weighted by atomic mass is 16.5. The highest BCUT2D eigenvalue weighted by molar-refractivity contribution is 5.78. The first-order chi connectivity index (χ1) is 15.0. The topological polar surface area (TPSA) is 84.2 Å². The Morgan fingerprint density at radius 2 is 2.13 bits per heavy atom. The lowest BCUT2D eigenvalue weighted by molar-refractivity contribution is -0.138. The number of nitrogens with one attached hydrogen (secondary N) is 1. The van der Waals surface area contributed by atoms with E-state index < -0.39 is 5.60 Å². The van der Waals surface area contributed by atoms with Gasteiger partial charge in [0.15, 0.2) is 0 Å². The average Bonchev–Trinajstić information content (AvgIpc) is 3.31. The summed E-state index contributed by atoms with van der Waals surface area (Å²) in [4.78, 5) is 15.0. The lowest BCUT2D eigenvalue weighted by Gasteiger charge is -2.52. The molecule has 31 heavy (non-hydrogen) atoms. The zero-order chi connectivity index (χ0) is 21.8. The Morgan fingerprint density at radius 3 is 2.87 bits per heavy atom. The molecule has 1 aromatic carbocycles. The van der Waals surface area contributed by atoms with Crippen molar-refractivity contribution >= 4 is 5.91 Å². The van der Waals surface area contributed by atoms with Gasteiger partial charge in [-0.15, -0.1) is 0 Å². The minimum atomic E-state index is -0.699. The molecule has 7 heteroatoms. The zero-order valence-corrected chi connectivity index (χ0v) is 18.3. The molecular weight excluding hydrogens is 396 g/mol. The average molecular weight is 429 g/mol. The highest BCUT2D eigenvalue weighted by Crippen LogP contribution is 2.51. The van der Waals surface area contributed by atoms with Crippen molar-refractivity contribution in [3.8, 4) is 11.5 Å². The van der Waals surface area contributed by atoms with Crippen molar-refractivity contribution in [3.05, 3.63) is 47.9 Å². The van der Waals surface area contributed by atoms with Crippen LogP contribution in [0.4, 0.5) is 0 Å². The molecule has 7 nitrogen and oxygen atoms in total. The van der Waals surface area contributed by atoms with Crippen LogP contribution in [0, 0.1) is 5.92 Å². The molecule has 2 fully saturated rings. The first-order valence-corrected chi connectivity index (χ1v) is 11.0. The maximum Gasteiger partial charge on any atom is 0.234 e. The summed E-state index contributed by atoms with van der Waals surface area (Å²) in [5, 5.41) is 14.4. The van der Waals surface area contributed by atoms with Gasteiger partial charge in [-0.2, -0.15) is 0 Å². The van der Waals surface area contributed by atoms with Crippen LogP contribution in [0.5, 0.6) is 11.5 Å². The number of aliphatic hydroxyl groups is 1. The fourth-order valence-electron chi connectivity index (χ4n) is 5.24. The number of nitrogens with zero attached hydrogens (tertiary/aromatic N) is 1. The molecule has 1 saturated carbocycles. The van der Waals surface area contributed by atoms with Crippen molar-refractivity contribution in [1.82, 2.24) is 10.2 Å². The summed E-state index contributed by atoms with van der Waals surface area (Å²) < 4.78 is 16.4. The molecule has 0 radical (unpaired) electrons. The van der Waals surface area contributed by atoms with Crippen LogP contribution in [0.2, 0.25) is 0 Å². The van der Waals surface area contributed by atoms with E-state index in [0.29, 0.717) is 19.5 Å². The quantitative estimate of drug-likeness (QED) is 0.704. The molecule has 1 aromatic heterocycles. The van der Waals surface area contributed by atoms with E-state index >= 15 is 0 Å². The molecule has 2 aliphatic rings. The Balaban J connectivity index is 1.60. The number of amides is 1. The van der Waals surface area contributed by atoms with Crippen LogP contribution in [-0.4, -0.2) is 48.8 Å². The van der Waals surface area contributed by atoms with Gasteiger partial charge in [0.2, 0.25) is 5.91 Å². The maximum absolute atomic E-state index is 12.8. The van der Waals surface area contributed by atoms with Gasteiger partial charge < -0.3 is 24.3 Å². The number of hydrogen-bond acceptors (Lipinski definition) is 6. The molecule has 2 N–H and O–H groups in total. The Labute approximate surface area is 183 Å². The third-order valence-electron chi connectivity index (χ3n) is 6.82. The van der Waals surface area contributed by atoms with Gasteiger partial charge in [0, 0.05) is 30.1 Å². The summed E-state index contributed by atoms with van der Waals surface area (Å²) in [6.45, 7) is 1.28. The van der Waals surface area contributed by atoms with Crippen molar-refractivity contribution in [3.63, 3.8) is 0 Å². The number of methoxy groups -OCH3 is 2. The number of rotatable bonds is 7. The third-order valence-corrected chi connectivity index (χ3v) is 6.82.